The zero-order valence-electron chi connectivity index (χ0n) is 6.13. The van der Waals surface area contributed by atoms with Crippen LogP contribution in [0.5, 0.6) is 0 Å². The van der Waals surface area contributed by atoms with E-state index in [1.165, 1.54) is 0 Å². The summed E-state index contributed by atoms with van der Waals surface area (Å²) in [4.78, 5) is 0. The predicted molar refractivity (Wildman–Crippen MR) is 52.9 cm³/mol. The minimum atomic E-state index is 0.775. The number of thioether (sulfide) groups is 1. The molecule has 3 nitrogen and oxygen atoms in total. The number of hydrogen-bond acceptors (Lipinski definition) is 3. The molecule has 0 aliphatic heterocycles. The average molecular weight is 187 g/mol. The van der Waals surface area contributed by atoms with Crippen molar-refractivity contribution in [3.8, 4) is 0 Å². The predicted octanol–water partition coefficient (Wildman–Crippen LogP) is 1.86. The summed E-state index contributed by atoms with van der Waals surface area (Å²) in [7, 11) is 0. The van der Waals surface area contributed by atoms with Crippen LogP contribution in [0.1, 0.15) is 6.92 Å². The van der Waals surface area contributed by atoms with Gasteiger partial charge in [0.2, 0.25) is 0 Å². The second-order valence-electron chi connectivity index (χ2n) is 1.82. The molecule has 11 heavy (non-hydrogen) atoms. The summed E-state index contributed by atoms with van der Waals surface area (Å²) in [6.07, 6.45) is 1.68. The highest BCUT2D eigenvalue weighted by Crippen LogP contribution is 2.07. The second kappa shape index (κ2) is 4.35. The zero-order valence-corrected chi connectivity index (χ0v) is 7.76. The Balaban J connectivity index is 2.37. The van der Waals surface area contributed by atoms with E-state index in [4.69, 9.17) is 12.2 Å². The van der Waals surface area contributed by atoms with Crippen molar-refractivity contribution in [1.82, 2.24) is 10.2 Å². The molecule has 0 aliphatic carbocycles. The van der Waals surface area contributed by atoms with Gasteiger partial charge < -0.3 is 5.32 Å². The van der Waals surface area contributed by atoms with Crippen molar-refractivity contribution in [2.75, 3.05) is 11.1 Å². The van der Waals surface area contributed by atoms with Crippen molar-refractivity contribution in [2.24, 2.45) is 0 Å². The van der Waals surface area contributed by atoms with Gasteiger partial charge in [0.1, 0.15) is 10.1 Å². The molecular formula is C6H9N3S2. The molecule has 0 aliphatic rings. The molecule has 0 amide bonds. The first-order valence-electron chi connectivity index (χ1n) is 3.26. The topological polar surface area (TPSA) is 40.7 Å². The summed E-state index contributed by atoms with van der Waals surface area (Å²) in [5, 5.41) is 9.54. The molecule has 1 heterocycles. The van der Waals surface area contributed by atoms with Crippen LogP contribution in [0.15, 0.2) is 12.3 Å². The van der Waals surface area contributed by atoms with Crippen LogP contribution in [-0.2, 0) is 0 Å². The Hall–Kier alpha value is -0.550. The van der Waals surface area contributed by atoms with E-state index in [1.807, 2.05) is 6.07 Å². The Morgan fingerprint density at radius 1 is 1.91 bits per heavy atom. The largest absolute Gasteiger partial charge is 0.326 e. The molecule has 5 heteroatoms. The third-order valence-corrected chi connectivity index (χ3v) is 2.12. The van der Waals surface area contributed by atoms with E-state index in [1.54, 1.807) is 18.0 Å². The lowest BCUT2D eigenvalue weighted by molar-refractivity contribution is 1.10. The van der Waals surface area contributed by atoms with Crippen molar-refractivity contribution in [3.63, 3.8) is 0 Å². The minimum Gasteiger partial charge on any atom is -0.326 e. The average Bonchev–Trinajstić information content (AvgIpc) is 2.40. The molecule has 0 unspecified atom stereocenters. The number of nitrogens with one attached hydrogen (secondary N) is 2. The van der Waals surface area contributed by atoms with Crippen molar-refractivity contribution in [1.29, 1.82) is 0 Å². The van der Waals surface area contributed by atoms with Crippen LogP contribution in [0.3, 0.4) is 0 Å². The lowest BCUT2D eigenvalue weighted by Crippen LogP contribution is -2.04. The van der Waals surface area contributed by atoms with Crippen LogP contribution < -0.4 is 5.32 Å². The molecule has 0 spiro atoms. The molecule has 0 saturated carbocycles. The van der Waals surface area contributed by atoms with Gasteiger partial charge >= 0.3 is 0 Å². The number of aromatic amines is 1. The number of aromatic nitrogens is 2. The van der Waals surface area contributed by atoms with Gasteiger partial charge in [-0.25, -0.2) is 0 Å². The van der Waals surface area contributed by atoms with E-state index in [0.29, 0.717) is 0 Å². The maximum absolute atomic E-state index is 5.01. The summed E-state index contributed by atoms with van der Waals surface area (Å²) in [6.45, 7) is 2.06. The first kappa shape index (κ1) is 8.55. The smallest absolute Gasteiger partial charge is 0.139 e. The third kappa shape index (κ3) is 2.90. The molecule has 0 atom stereocenters. The SMILES string of the molecule is CCSC(=S)Nc1ccn[nH]1. The van der Waals surface area contributed by atoms with E-state index < -0.39 is 0 Å². The van der Waals surface area contributed by atoms with E-state index in [9.17, 15) is 0 Å². The van der Waals surface area contributed by atoms with Crippen molar-refractivity contribution < 1.29 is 0 Å². The Bertz CT molecular complexity index is 220. The lowest BCUT2D eigenvalue weighted by Gasteiger charge is -2.01. The Morgan fingerprint density at radius 2 is 2.73 bits per heavy atom. The van der Waals surface area contributed by atoms with Gasteiger partial charge in [0.15, 0.2) is 0 Å². The van der Waals surface area contributed by atoms with Crippen LogP contribution >= 0.6 is 24.0 Å². The molecule has 60 valence electrons. The summed E-state index contributed by atoms with van der Waals surface area (Å²) < 4.78 is 0.775. The Labute approximate surface area is 75.0 Å². The van der Waals surface area contributed by atoms with Crippen LogP contribution in [0.4, 0.5) is 5.82 Å². The quantitative estimate of drug-likeness (QED) is 0.693. The van der Waals surface area contributed by atoms with Gasteiger partial charge in [0.25, 0.3) is 0 Å². The van der Waals surface area contributed by atoms with Gasteiger partial charge in [-0.2, -0.15) is 5.10 Å². The highest BCUT2D eigenvalue weighted by Gasteiger charge is 1.96. The summed E-state index contributed by atoms with van der Waals surface area (Å²) >= 11 is 6.61. The van der Waals surface area contributed by atoms with E-state index in [0.717, 1.165) is 15.9 Å². The molecule has 0 fully saturated rings. The van der Waals surface area contributed by atoms with Gasteiger partial charge in [-0.3, -0.25) is 5.10 Å². The number of rotatable bonds is 2. The summed E-state index contributed by atoms with van der Waals surface area (Å²) in [6, 6.07) is 1.84. The number of hydrogen-bond donors (Lipinski definition) is 2. The molecule has 0 bridgehead atoms. The maximum atomic E-state index is 5.01. The van der Waals surface area contributed by atoms with E-state index in [-0.39, 0.29) is 0 Å². The van der Waals surface area contributed by atoms with E-state index >= 15 is 0 Å². The van der Waals surface area contributed by atoms with E-state index in [2.05, 4.69) is 22.4 Å². The number of H-pyrrole nitrogens is 1. The Kier molecular flexibility index (Phi) is 3.38. The Morgan fingerprint density at radius 3 is 3.27 bits per heavy atom. The van der Waals surface area contributed by atoms with Crippen molar-refractivity contribution >= 4 is 34.1 Å². The normalized spacial score (nSPS) is 9.55. The van der Waals surface area contributed by atoms with Gasteiger partial charge in [0.05, 0.1) is 6.20 Å². The highest BCUT2D eigenvalue weighted by atomic mass is 32.2. The number of anilines is 1. The fourth-order valence-corrected chi connectivity index (χ4v) is 1.51. The van der Waals surface area contributed by atoms with Crippen LogP contribution in [0.25, 0.3) is 0 Å². The molecule has 0 aromatic carbocycles. The molecule has 0 radical (unpaired) electrons. The van der Waals surface area contributed by atoms with Gasteiger partial charge in [-0.1, -0.05) is 30.9 Å². The highest BCUT2D eigenvalue weighted by molar-refractivity contribution is 8.23. The molecule has 0 saturated heterocycles. The molecule has 1 aromatic heterocycles. The molecule has 2 N–H and O–H groups in total. The monoisotopic (exact) mass is 187 g/mol. The molecular weight excluding hydrogens is 178 g/mol. The van der Waals surface area contributed by atoms with Crippen LogP contribution in [0.2, 0.25) is 0 Å². The standard InChI is InChI=1S/C6H9N3S2/c1-2-11-6(10)8-5-3-4-7-9-5/h3-4H,2H2,1H3,(H2,7,8,9,10). The lowest BCUT2D eigenvalue weighted by atomic mass is 10.6. The maximum Gasteiger partial charge on any atom is 0.139 e. The molecule has 1 aromatic rings. The fourth-order valence-electron chi connectivity index (χ4n) is 0.603. The third-order valence-electron chi connectivity index (χ3n) is 1.01. The minimum absolute atomic E-state index is 0.775. The van der Waals surface area contributed by atoms with Gasteiger partial charge in [-0.05, 0) is 5.75 Å². The summed E-state index contributed by atoms with van der Waals surface area (Å²) in [5.74, 6) is 1.83. The van der Waals surface area contributed by atoms with Crippen LogP contribution in [-0.4, -0.2) is 20.3 Å². The first-order valence-corrected chi connectivity index (χ1v) is 4.65. The van der Waals surface area contributed by atoms with Crippen LogP contribution in [0, 0.1) is 0 Å². The molecule has 1 rings (SSSR count). The fraction of sp³-hybridized carbons (Fsp3) is 0.333. The van der Waals surface area contributed by atoms with Crippen molar-refractivity contribution in [2.45, 2.75) is 6.92 Å². The first-order chi connectivity index (χ1) is 5.33. The van der Waals surface area contributed by atoms with Crippen molar-refractivity contribution in [3.05, 3.63) is 12.3 Å². The summed E-state index contributed by atoms with van der Waals surface area (Å²) in [5.41, 5.74) is 0. The second-order valence-corrected chi connectivity index (χ2v) is 3.76. The zero-order chi connectivity index (χ0) is 8.10. The van der Waals surface area contributed by atoms with Gasteiger partial charge in [0, 0.05) is 6.07 Å². The number of nitrogens with zero attached hydrogens (tertiary/aromatic N) is 1. The van der Waals surface area contributed by atoms with Gasteiger partial charge in [-0.15, -0.1) is 0 Å². The number of thiocarbonyl (C=S) groups is 1.